The molecular weight excluding hydrogens is 338 g/mol. The van der Waals surface area contributed by atoms with Gasteiger partial charge in [-0.3, -0.25) is 25.0 Å². The number of nitro groups is 2. The largest absolute Gasteiger partial charge is 0.322 e. The maximum absolute atomic E-state index is 12.3. The molecule has 124 valence electrons. The third-order valence-electron chi connectivity index (χ3n) is 3.34. The van der Waals surface area contributed by atoms with E-state index in [4.69, 9.17) is 11.6 Å². The Morgan fingerprint density at radius 3 is 2.17 bits per heavy atom. The molecule has 9 heteroatoms. The highest BCUT2D eigenvalue weighted by Gasteiger charge is 2.27. The van der Waals surface area contributed by atoms with Gasteiger partial charge in [-0.2, -0.15) is 0 Å². The average Bonchev–Trinajstić information content (AvgIpc) is 2.54. The summed E-state index contributed by atoms with van der Waals surface area (Å²) in [5, 5.41) is 24.0. The van der Waals surface area contributed by atoms with E-state index >= 15 is 0 Å². The van der Waals surface area contributed by atoms with Crippen molar-refractivity contribution in [1.29, 1.82) is 0 Å². The Morgan fingerprint density at radius 2 is 1.67 bits per heavy atom. The van der Waals surface area contributed by atoms with E-state index in [2.05, 4.69) is 5.32 Å². The van der Waals surface area contributed by atoms with Gasteiger partial charge in [-0.15, -0.1) is 0 Å². The van der Waals surface area contributed by atoms with E-state index in [9.17, 15) is 25.0 Å². The van der Waals surface area contributed by atoms with Gasteiger partial charge in [0, 0.05) is 17.8 Å². The molecule has 2 aromatic carbocycles. The smallest absolute Gasteiger partial charge is 0.295 e. The minimum atomic E-state index is -0.869. The fourth-order valence-electron chi connectivity index (χ4n) is 2.14. The predicted molar refractivity (Wildman–Crippen MR) is 88.5 cm³/mol. The van der Waals surface area contributed by atoms with Gasteiger partial charge in [0.05, 0.1) is 15.4 Å². The molecule has 0 aliphatic carbocycles. The molecule has 1 N–H and O–H groups in total. The van der Waals surface area contributed by atoms with E-state index in [0.717, 1.165) is 17.7 Å². The molecule has 0 aliphatic heterocycles. The summed E-state index contributed by atoms with van der Waals surface area (Å²) in [5.74, 6) is -0.696. The number of carbonyl (C=O) groups is 1. The monoisotopic (exact) mass is 349 g/mol. The van der Waals surface area contributed by atoms with Crippen molar-refractivity contribution >= 4 is 34.6 Å². The Balaban J connectivity index is 2.46. The zero-order chi connectivity index (χ0) is 17.9. The number of nitrogens with zero attached hydrogens (tertiary/aromatic N) is 2. The second kappa shape index (κ2) is 7.05. The number of amides is 1. The summed E-state index contributed by atoms with van der Waals surface area (Å²) in [4.78, 5) is 32.6. The number of hydrogen-bond donors (Lipinski definition) is 1. The molecule has 2 aromatic rings. The standard InChI is InChI=1S/C15H12ClN3O5/c1-2-9-5-3-4-6-11(9)17-15(20)10-7-12(18(21)22)14(16)13(8-10)19(23)24/h3-8H,2H2,1H3,(H,17,20). The van der Waals surface area contributed by atoms with Crippen LogP contribution in [0.25, 0.3) is 0 Å². The van der Waals surface area contributed by atoms with Crippen molar-refractivity contribution in [1.82, 2.24) is 0 Å². The molecule has 0 spiro atoms. The van der Waals surface area contributed by atoms with Gasteiger partial charge in [0.1, 0.15) is 0 Å². The molecule has 0 aromatic heterocycles. The molecule has 8 nitrogen and oxygen atoms in total. The zero-order valence-electron chi connectivity index (χ0n) is 12.5. The van der Waals surface area contributed by atoms with Crippen molar-refractivity contribution in [3.8, 4) is 0 Å². The summed E-state index contributed by atoms with van der Waals surface area (Å²) < 4.78 is 0. The fraction of sp³-hybridized carbons (Fsp3) is 0.133. The summed E-state index contributed by atoms with van der Waals surface area (Å²) >= 11 is 5.67. The summed E-state index contributed by atoms with van der Waals surface area (Å²) in [6.07, 6.45) is 0.664. The van der Waals surface area contributed by atoms with Gasteiger partial charge in [-0.25, -0.2) is 0 Å². The van der Waals surface area contributed by atoms with Crippen LogP contribution in [0.4, 0.5) is 17.1 Å². The second-order valence-corrected chi connectivity index (χ2v) is 5.19. The molecule has 0 radical (unpaired) electrons. The first-order chi connectivity index (χ1) is 11.3. The summed E-state index contributed by atoms with van der Waals surface area (Å²) in [5.41, 5.74) is -0.211. The van der Waals surface area contributed by atoms with Gasteiger partial charge in [0.25, 0.3) is 17.3 Å². The molecule has 0 aliphatic rings. The number of aryl methyl sites for hydroxylation is 1. The summed E-state index contributed by atoms with van der Waals surface area (Å²) in [6, 6.07) is 8.87. The van der Waals surface area contributed by atoms with Crippen LogP contribution in [0.2, 0.25) is 5.02 Å². The molecule has 1 amide bonds. The van der Waals surface area contributed by atoms with Crippen molar-refractivity contribution in [2.45, 2.75) is 13.3 Å². The van der Waals surface area contributed by atoms with Gasteiger partial charge in [0.15, 0.2) is 5.02 Å². The second-order valence-electron chi connectivity index (χ2n) is 4.81. The number of halogens is 1. The lowest BCUT2D eigenvalue weighted by molar-refractivity contribution is -0.393. The van der Waals surface area contributed by atoms with Gasteiger partial charge in [-0.1, -0.05) is 36.7 Å². The maximum Gasteiger partial charge on any atom is 0.295 e. The molecular formula is C15H12ClN3O5. The molecule has 24 heavy (non-hydrogen) atoms. The molecule has 0 unspecified atom stereocenters. The highest BCUT2D eigenvalue weighted by atomic mass is 35.5. The Bertz CT molecular complexity index is 803. The third kappa shape index (κ3) is 3.49. The zero-order valence-corrected chi connectivity index (χ0v) is 13.2. The molecule has 0 heterocycles. The van der Waals surface area contributed by atoms with Crippen LogP contribution in [0.3, 0.4) is 0 Å². The Morgan fingerprint density at radius 1 is 1.12 bits per heavy atom. The van der Waals surface area contributed by atoms with Crippen LogP contribution >= 0.6 is 11.6 Å². The van der Waals surface area contributed by atoms with Crippen molar-refractivity contribution in [2.75, 3.05) is 5.32 Å². The minimum absolute atomic E-state index is 0.219. The number of benzene rings is 2. The first-order valence-corrected chi connectivity index (χ1v) is 7.24. The highest BCUT2D eigenvalue weighted by molar-refractivity contribution is 6.35. The number of rotatable bonds is 5. The fourth-order valence-corrected chi connectivity index (χ4v) is 2.38. The van der Waals surface area contributed by atoms with Crippen LogP contribution in [0.15, 0.2) is 36.4 Å². The maximum atomic E-state index is 12.3. The molecule has 0 atom stereocenters. The van der Waals surface area contributed by atoms with Crippen LogP contribution in [0.1, 0.15) is 22.8 Å². The van der Waals surface area contributed by atoms with E-state index < -0.39 is 32.2 Å². The topological polar surface area (TPSA) is 115 Å². The van der Waals surface area contributed by atoms with E-state index in [-0.39, 0.29) is 5.56 Å². The van der Waals surface area contributed by atoms with Crippen LogP contribution in [-0.2, 0) is 6.42 Å². The lowest BCUT2D eigenvalue weighted by Gasteiger charge is -2.10. The summed E-state index contributed by atoms with van der Waals surface area (Å²) in [6.45, 7) is 1.91. The van der Waals surface area contributed by atoms with E-state index in [1.54, 1.807) is 12.1 Å². The van der Waals surface area contributed by atoms with E-state index in [1.807, 2.05) is 19.1 Å². The lowest BCUT2D eigenvalue weighted by Crippen LogP contribution is -2.14. The normalized spacial score (nSPS) is 10.2. The van der Waals surface area contributed by atoms with Gasteiger partial charge in [-0.05, 0) is 18.1 Å². The average molecular weight is 350 g/mol. The number of carbonyl (C=O) groups excluding carboxylic acids is 1. The van der Waals surface area contributed by atoms with Crippen molar-refractivity contribution in [3.63, 3.8) is 0 Å². The quantitative estimate of drug-likeness (QED) is 0.647. The molecule has 2 rings (SSSR count). The number of nitro benzene ring substituents is 2. The number of para-hydroxylation sites is 1. The van der Waals surface area contributed by atoms with Gasteiger partial charge >= 0.3 is 0 Å². The highest BCUT2D eigenvalue weighted by Crippen LogP contribution is 2.35. The number of nitrogens with one attached hydrogen (secondary N) is 1. The van der Waals surface area contributed by atoms with E-state index in [0.29, 0.717) is 12.1 Å². The van der Waals surface area contributed by atoms with E-state index in [1.165, 1.54) is 0 Å². The molecule has 0 bridgehead atoms. The summed E-state index contributed by atoms with van der Waals surface area (Å²) in [7, 11) is 0. The Hall–Kier alpha value is -3.00. The minimum Gasteiger partial charge on any atom is -0.322 e. The Kier molecular flexibility index (Phi) is 5.10. The van der Waals surface area contributed by atoms with Crippen molar-refractivity contribution in [3.05, 3.63) is 72.8 Å². The predicted octanol–water partition coefficient (Wildman–Crippen LogP) is 3.97. The molecule has 0 saturated carbocycles. The van der Waals surface area contributed by atoms with Crippen LogP contribution in [0, 0.1) is 20.2 Å². The number of anilines is 1. The van der Waals surface area contributed by atoms with Crippen LogP contribution in [-0.4, -0.2) is 15.8 Å². The molecule has 0 saturated heterocycles. The SMILES string of the molecule is CCc1ccccc1NC(=O)c1cc([N+](=O)[O-])c(Cl)c([N+](=O)[O-])c1. The Labute approximate surface area is 141 Å². The number of hydrogen-bond acceptors (Lipinski definition) is 5. The van der Waals surface area contributed by atoms with Crippen molar-refractivity contribution < 1.29 is 14.6 Å². The molecule has 0 fully saturated rings. The third-order valence-corrected chi connectivity index (χ3v) is 3.72. The van der Waals surface area contributed by atoms with Crippen LogP contribution in [0.5, 0.6) is 0 Å². The lowest BCUT2D eigenvalue weighted by atomic mass is 10.1. The van der Waals surface area contributed by atoms with Crippen molar-refractivity contribution in [2.24, 2.45) is 0 Å². The van der Waals surface area contributed by atoms with Crippen LogP contribution < -0.4 is 5.32 Å². The van der Waals surface area contributed by atoms with Gasteiger partial charge < -0.3 is 5.32 Å². The first-order valence-electron chi connectivity index (χ1n) is 6.86. The first kappa shape index (κ1) is 17.4. The van der Waals surface area contributed by atoms with Gasteiger partial charge in [0.2, 0.25) is 0 Å².